The average molecular weight is 366 g/mol. The van der Waals surface area contributed by atoms with Gasteiger partial charge in [0, 0.05) is 19.8 Å². The van der Waals surface area contributed by atoms with Crippen LogP contribution in [-0.4, -0.2) is 6.04 Å². The number of benzene rings is 1. The molecule has 1 aromatic carbocycles. The minimum atomic E-state index is 0.609. The molecule has 1 atom stereocenters. The zero-order chi connectivity index (χ0) is 10.1. The summed E-state index contributed by atoms with van der Waals surface area (Å²) in [6.07, 6.45) is 2.78. The molecule has 0 spiro atoms. The van der Waals surface area contributed by atoms with Crippen molar-refractivity contribution in [2.45, 2.75) is 25.8 Å². The Morgan fingerprint density at radius 1 is 1.50 bits per heavy atom. The molecule has 14 heavy (non-hydrogen) atoms. The molecular weight excluding hydrogens is 353 g/mol. The molecule has 1 unspecified atom stereocenters. The van der Waals surface area contributed by atoms with Crippen molar-refractivity contribution in [2.75, 3.05) is 5.32 Å². The first-order valence-electron chi connectivity index (χ1n) is 4.88. The van der Waals surface area contributed by atoms with Crippen molar-refractivity contribution in [2.24, 2.45) is 5.92 Å². The van der Waals surface area contributed by atoms with E-state index in [1.807, 2.05) is 0 Å². The van der Waals surface area contributed by atoms with Gasteiger partial charge in [0.25, 0.3) is 0 Å². The van der Waals surface area contributed by atoms with Crippen LogP contribution in [0.25, 0.3) is 0 Å². The first-order chi connectivity index (χ1) is 6.66. The summed E-state index contributed by atoms with van der Waals surface area (Å²) in [5.74, 6) is 0.893. The summed E-state index contributed by atoms with van der Waals surface area (Å²) in [4.78, 5) is 0. The van der Waals surface area contributed by atoms with E-state index in [0.717, 1.165) is 10.4 Å². The summed E-state index contributed by atoms with van der Waals surface area (Å²) in [5.41, 5.74) is 1.25. The summed E-state index contributed by atoms with van der Waals surface area (Å²) in [6, 6.07) is 6.97. The number of anilines is 1. The molecule has 1 nitrogen and oxygen atoms in total. The van der Waals surface area contributed by atoms with E-state index in [4.69, 9.17) is 0 Å². The highest BCUT2D eigenvalue weighted by molar-refractivity contribution is 14.1. The molecule has 2 rings (SSSR count). The third-order valence-electron chi connectivity index (χ3n) is 2.64. The van der Waals surface area contributed by atoms with Gasteiger partial charge in [0.1, 0.15) is 0 Å². The van der Waals surface area contributed by atoms with Gasteiger partial charge in [-0.3, -0.25) is 0 Å². The van der Waals surface area contributed by atoms with Crippen molar-refractivity contribution in [3.05, 3.63) is 26.2 Å². The van der Waals surface area contributed by atoms with Gasteiger partial charge in [-0.2, -0.15) is 0 Å². The lowest BCUT2D eigenvalue weighted by molar-refractivity contribution is 0.693. The monoisotopic (exact) mass is 365 g/mol. The predicted octanol–water partition coefficient (Wildman–Crippen LogP) is 4.26. The van der Waals surface area contributed by atoms with Gasteiger partial charge in [0.15, 0.2) is 0 Å². The molecule has 0 radical (unpaired) electrons. The fraction of sp³-hybridized carbons (Fsp3) is 0.455. The van der Waals surface area contributed by atoms with E-state index in [1.165, 1.54) is 22.1 Å². The fourth-order valence-corrected chi connectivity index (χ4v) is 2.42. The van der Waals surface area contributed by atoms with Gasteiger partial charge >= 0.3 is 0 Å². The number of hydrogen-bond donors (Lipinski definition) is 1. The average Bonchev–Trinajstić information content (AvgIpc) is 2.94. The van der Waals surface area contributed by atoms with Crippen LogP contribution in [-0.2, 0) is 0 Å². The van der Waals surface area contributed by atoms with E-state index >= 15 is 0 Å². The van der Waals surface area contributed by atoms with Gasteiger partial charge in [-0.1, -0.05) is 15.9 Å². The Balaban J connectivity index is 2.10. The third-order valence-corrected chi connectivity index (χ3v) is 4.07. The SMILES string of the molecule is CC(Nc1cc(Br)ccc1I)C1CC1. The molecular formula is C11H13BrIN. The first kappa shape index (κ1) is 10.7. The Bertz CT molecular complexity index is 336. The van der Waals surface area contributed by atoms with E-state index < -0.39 is 0 Å². The number of nitrogens with one attached hydrogen (secondary N) is 1. The Hall–Kier alpha value is 0.230. The van der Waals surface area contributed by atoms with Crippen molar-refractivity contribution < 1.29 is 0 Å². The highest BCUT2D eigenvalue weighted by Crippen LogP contribution is 2.35. The van der Waals surface area contributed by atoms with Crippen LogP contribution in [0, 0.1) is 9.49 Å². The van der Waals surface area contributed by atoms with Crippen LogP contribution in [0.4, 0.5) is 5.69 Å². The molecule has 1 aromatic rings. The van der Waals surface area contributed by atoms with Crippen molar-refractivity contribution in [1.82, 2.24) is 0 Å². The van der Waals surface area contributed by atoms with Crippen LogP contribution in [0.3, 0.4) is 0 Å². The molecule has 0 amide bonds. The lowest BCUT2D eigenvalue weighted by atomic mass is 10.2. The fourth-order valence-electron chi connectivity index (χ4n) is 1.57. The van der Waals surface area contributed by atoms with Crippen LogP contribution in [0.5, 0.6) is 0 Å². The Kier molecular flexibility index (Phi) is 3.37. The molecule has 0 saturated heterocycles. The Morgan fingerprint density at radius 3 is 2.86 bits per heavy atom. The Morgan fingerprint density at radius 2 is 2.21 bits per heavy atom. The summed E-state index contributed by atoms with van der Waals surface area (Å²) >= 11 is 5.87. The molecule has 1 aliphatic carbocycles. The third kappa shape index (κ3) is 2.63. The smallest absolute Gasteiger partial charge is 0.0489 e. The van der Waals surface area contributed by atoms with Crippen molar-refractivity contribution >= 4 is 44.2 Å². The molecule has 1 aliphatic rings. The molecule has 1 saturated carbocycles. The molecule has 3 heteroatoms. The second-order valence-electron chi connectivity index (χ2n) is 3.89. The summed E-state index contributed by atoms with van der Waals surface area (Å²) in [6.45, 7) is 2.27. The molecule has 0 bridgehead atoms. The molecule has 76 valence electrons. The van der Waals surface area contributed by atoms with Crippen molar-refractivity contribution in [3.63, 3.8) is 0 Å². The molecule has 1 fully saturated rings. The second kappa shape index (κ2) is 4.39. The van der Waals surface area contributed by atoms with Crippen molar-refractivity contribution in [3.8, 4) is 0 Å². The molecule has 0 aromatic heterocycles. The zero-order valence-electron chi connectivity index (χ0n) is 8.06. The van der Waals surface area contributed by atoms with Crippen LogP contribution in [0.1, 0.15) is 19.8 Å². The predicted molar refractivity (Wildman–Crippen MR) is 72.7 cm³/mol. The van der Waals surface area contributed by atoms with Gasteiger partial charge in [-0.25, -0.2) is 0 Å². The maximum atomic E-state index is 3.58. The minimum Gasteiger partial charge on any atom is -0.381 e. The highest BCUT2D eigenvalue weighted by atomic mass is 127. The second-order valence-corrected chi connectivity index (χ2v) is 5.97. The van der Waals surface area contributed by atoms with Gasteiger partial charge in [-0.15, -0.1) is 0 Å². The number of rotatable bonds is 3. The highest BCUT2D eigenvalue weighted by Gasteiger charge is 2.27. The topological polar surface area (TPSA) is 12.0 Å². The van der Waals surface area contributed by atoms with E-state index in [0.29, 0.717) is 6.04 Å². The lowest BCUT2D eigenvalue weighted by Gasteiger charge is -2.15. The number of halogens is 2. The van der Waals surface area contributed by atoms with Crippen molar-refractivity contribution in [1.29, 1.82) is 0 Å². The normalized spacial score (nSPS) is 17.9. The van der Waals surface area contributed by atoms with Crippen LogP contribution < -0.4 is 5.32 Å². The van der Waals surface area contributed by atoms with Gasteiger partial charge < -0.3 is 5.32 Å². The van der Waals surface area contributed by atoms with Gasteiger partial charge in [0.05, 0.1) is 0 Å². The first-order valence-corrected chi connectivity index (χ1v) is 6.75. The zero-order valence-corrected chi connectivity index (χ0v) is 11.8. The largest absolute Gasteiger partial charge is 0.381 e. The summed E-state index contributed by atoms with van der Waals surface area (Å²) in [5, 5.41) is 3.58. The molecule has 0 heterocycles. The van der Waals surface area contributed by atoms with Gasteiger partial charge in [0.2, 0.25) is 0 Å². The van der Waals surface area contributed by atoms with E-state index in [2.05, 4.69) is 69.0 Å². The van der Waals surface area contributed by atoms with Crippen LogP contribution in [0.2, 0.25) is 0 Å². The van der Waals surface area contributed by atoms with E-state index in [1.54, 1.807) is 0 Å². The van der Waals surface area contributed by atoms with E-state index in [-0.39, 0.29) is 0 Å². The maximum Gasteiger partial charge on any atom is 0.0489 e. The summed E-state index contributed by atoms with van der Waals surface area (Å²) in [7, 11) is 0. The molecule has 0 aliphatic heterocycles. The van der Waals surface area contributed by atoms with Gasteiger partial charge in [-0.05, 0) is 66.5 Å². The standard InChI is InChI=1S/C11H13BrIN/c1-7(8-2-3-8)14-11-6-9(12)4-5-10(11)13/h4-8,14H,2-3H2,1H3. The van der Waals surface area contributed by atoms with Crippen LogP contribution >= 0.6 is 38.5 Å². The van der Waals surface area contributed by atoms with E-state index in [9.17, 15) is 0 Å². The Labute approximate surface area is 107 Å². The lowest BCUT2D eigenvalue weighted by Crippen LogP contribution is -2.17. The number of hydrogen-bond acceptors (Lipinski definition) is 1. The molecule has 1 N–H and O–H groups in total. The van der Waals surface area contributed by atoms with Crippen LogP contribution in [0.15, 0.2) is 22.7 Å². The summed E-state index contributed by atoms with van der Waals surface area (Å²) < 4.78 is 2.43. The quantitative estimate of drug-likeness (QED) is 0.789. The maximum absolute atomic E-state index is 3.58. The minimum absolute atomic E-state index is 0.609.